The van der Waals surface area contributed by atoms with Gasteiger partial charge in [0, 0.05) is 5.56 Å². The van der Waals surface area contributed by atoms with Crippen LogP contribution in [-0.2, 0) is 17.5 Å². The standard InChI is InChI=1S/C20H21F3N2O2/c21-20(22,23)18-9-5-4-6-16(18)14-24-10-12-25(13-11-24)19(26)15-27-17-7-2-1-3-8-17/h1-9H,10-15H2/p+1. The van der Waals surface area contributed by atoms with Gasteiger partial charge >= 0.3 is 6.18 Å². The number of rotatable bonds is 5. The minimum absolute atomic E-state index is 0.0315. The number of hydrogen-bond donors (Lipinski definition) is 1. The summed E-state index contributed by atoms with van der Waals surface area (Å²) in [5.41, 5.74) is -0.278. The van der Waals surface area contributed by atoms with Gasteiger partial charge in [-0.1, -0.05) is 36.4 Å². The zero-order valence-corrected chi connectivity index (χ0v) is 14.8. The number of halogens is 3. The van der Waals surface area contributed by atoms with Crippen LogP contribution in [0.5, 0.6) is 5.75 Å². The highest BCUT2D eigenvalue weighted by atomic mass is 19.4. The number of para-hydroxylation sites is 1. The van der Waals surface area contributed by atoms with E-state index in [2.05, 4.69) is 0 Å². The van der Waals surface area contributed by atoms with E-state index in [1.807, 2.05) is 18.2 Å². The fourth-order valence-electron chi connectivity index (χ4n) is 3.22. The van der Waals surface area contributed by atoms with Gasteiger partial charge in [-0.15, -0.1) is 0 Å². The maximum Gasteiger partial charge on any atom is 0.416 e. The highest BCUT2D eigenvalue weighted by Crippen LogP contribution is 2.31. The molecule has 0 aliphatic carbocycles. The van der Waals surface area contributed by atoms with Crippen LogP contribution in [0.2, 0.25) is 0 Å². The molecule has 7 heteroatoms. The van der Waals surface area contributed by atoms with Crippen molar-refractivity contribution in [2.24, 2.45) is 0 Å². The molecule has 0 aromatic heterocycles. The van der Waals surface area contributed by atoms with Crippen LogP contribution < -0.4 is 9.64 Å². The van der Waals surface area contributed by atoms with E-state index in [4.69, 9.17) is 4.74 Å². The second kappa shape index (κ2) is 8.43. The van der Waals surface area contributed by atoms with Gasteiger partial charge in [0.1, 0.15) is 12.3 Å². The lowest BCUT2D eigenvalue weighted by Gasteiger charge is -2.32. The Balaban J connectivity index is 1.50. The number of nitrogens with zero attached hydrogens (tertiary/aromatic N) is 1. The van der Waals surface area contributed by atoms with Gasteiger partial charge in [0.15, 0.2) is 6.61 Å². The first-order chi connectivity index (χ1) is 12.9. The van der Waals surface area contributed by atoms with Gasteiger partial charge in [-0.05, 0) is 18.2 Å². The quantitative estimate of drug-likeness (QED) is 0.863. The van der Waals surface area contributed by atoms with Crippen molar-refractivity contribution in [2.45, 2.75) is 12.7 Å². The molecular weight excluding hydrogens is 357 g/mol. The van der Waals surface area contributed by atoms with E-state index in [1.165, 1.54) is 12.1 Å². The summed E-state index contributed by atoms with van der Waals surface area (Å²) < 4.78 is 44.8. The molecule has 2 aromatic rings. The van der Waals surface area contributed by atoms with E-state index < -0.39 is 11.7 Å². The highest BCUT2D eigenvalue weighted by Gasteiger charge is 2.34. The number of carbonyl (C=O) groups excluding carboxylic acids is 1. The molecule has 1 fully saturated rings. The molecule has 27 heavy (non-hydrogen) atoms. The molecule has 0 saturated carbocycles. The molecule has 3 rings (SSSR count). The summed E-state index contributed by atoms with van der Waals surface area (Å²) in [6.45, 7) is 2.53. The van der Waals surface area contributed by atoms with Crippen LogP contribution in [0, 0.1) is 0 Å². The van der Waals surface area contributed by atoms with Crippen LogP contribution in [0.15, 0.2) is 54.6 Å². The molecule has 2 aromatic carbocycles. The average molecular weight is 379 g/mol. The van der Waals surface area contributed by atoms with Crippen LogP contribution in [0.3, 0.4) is 0 Å². The molecule has 0 atom stereocenters. The van der Waals surface area contributed by atoms with E-state index in [0.29, 0.717) is 44.0 Å². The summed E-state index contributed by atoms with van der Waals surface area (Å²) in [5.74, 6) is 0.535. The monoisotopic (exact) mass is 379 g/mol. The Hall–Kier alpha value is -2.54. The van der Waals surface area contributed by atoms with Crippen molar-refractivity contribution in [3.63, 3.8) is 0 Å². The molecule has 0 bridgehead atoms. The van der Waals surface area contributed by atoms with Crippen LogP contribution in [-0.4, -0.2) is 43.6 Å². The highest BCUT2D eigenvalue weighted by molar-refractivity contribution is 5.77. The van der Waals surface area contributed by atoms with Gasteiger partial charge in [-0.25, -0.2) is 0 Å². The van der Waals surface area contributed by atoms with E-state index in [-0.39, 0.29) is 12.5 Å². The third-order valence-electron chi connectivity index (χ3n) is 4.69. The SMILES string of the molecule is O=C(COc1ccccc1)N1CC[NH+](Cc2ccccc2C(F)(F)F)CC1. The zero-order chi connectivity index (χ0) is 19.3. The number of nitrogens with one attached hydrogen (secondary N) is 1. The lowest BCUT2D eigenvalue weighted by Crippen LogP contribution is -3.13. The molecule has 1 saturated heterocycles. The summed E-state index contributed by atoms with van der Waals surface area (Å²) in [7, 11) is 0. The van der Waals surface area contributed by atoms with Gasteiger partial charge in [0.05, 0.1) is 31.7 Å². The number of carbonyl (C=O) groups is 1. The summed E-state index contributed by atoms with van der Waals surface area (Å²) >= 11 is 0. The van der Waals surface area contributed by atoms with Crippen molar-refractivity contribution in [3.05, 3.63) is 65.7 Å². The molecule has 1 amide bonds. The third-order valence-corrected chi connectivity index (χ3v) is 4.69. The zero-order valence-electron chi connectivity index (χ0n) is 14.8. The summed E-state index contributed by atoms with van der Waals surface area (Å²) in [5, 5.41) is 0. The largest absolute Gasteiger partial charge is 0.484 e. The Morgan fingerprint density at radius 3 is 2.30 bits per heavy atom. The van der Waals surface area contributed by atoms with Crippen molar-refractivity contribution in [3.8, 4) is 5.75 Å². The lowest BCUT2D eigenvalue weighted by molar-refractivity contribution is -0.917. The van der Waals surface area contributed by atoms with Gasteiger partial charge in [-0.2, -0.15) is 13.2 Å². The molecule has 1 heterocycles. The van der Waals surface area contributed by atoms with Crippen molar-refractivity contribution >= 4 is 5.91 Å². The molecule has 144 valence electrons. The number of piperazine rings is 1. The van der Waals surface area contributed by atoms with E-state index in [0.717, 1.165) is 11.0 Å². The Bertz CT molecular complexity index is 757. The molecule has 1 aliphatic rings. The maximum atomic E-state index is 13.1. The van der Waals surface area contributed by atoms with E-state index in [9.17, 15) is 18.0 Å². The Morgan fingerprint density at radius 2 is 1.63 bits per heavy atom. The topological polar surface area (TPSA) is 34.0 Å². The second-order valence-corrected chi connectivity index (χ2v) is 6.56. The van der Waals surface area contributed by atoms with Crippen LogP contribution in [0.25, 0.3) is 0 Å². The summed E-state index contributed by atoms with van der Waals surface area (Å²) in [4.78, 5) is 15.0. The Labute approximate surface area is 156 Å². The minimum atomic E-state index is -4.34. The number of ether oxygens (including phenoxy) is 1. The van der Waals surface area contributed by atoms with Crippen molar-refractivity contribution in [2.75, 3.05) is 32.8 Å². The molecule has 1 N–H and O–H groups in total. The predicted octanol–water partition coefficient (Wildman–Crippen LogP) is 2.01. The average Bonchev–Trinajstić information content (AvgIpc) is 2.67. The first-order valence-electron chi connectivity index (χ1n) is 8.88. The molecular formula is C20H22F3N2O2+. The number of alkyl halides is 3. The first-order valence-corrected chi connectivity index (χ1v) is 8.88. The van der Waals surface area contributed by atoms with Gasteiger partial charge in [-0.3, -0.25) is 4.79 Å². The van der Waals surface area contributed by atoms with E-state index in [1.54, 1.807) is 23.1 Å². The van der Waals surface area contributed by atoms with Crippen molar-refractivity contribution < 1.29 is 27.6 Å². The smallest absolute Gasteiger partial charge is 0.416 e. The fraction of sp³-hybridized carbons (Fsp3) is 0.350. The van der Waals surface area contributed by atoms with Gasteiger partial charge in [0.25, 0.3) is 5.91 Å². The Kier molecular flexibility index (Phi) is 6.01. The minimum Gasteiger partial charge on any atom is -0.484 e. The van der Waals surface area contributed by atoms with Crippen molar-refractivity contribution in [1.82, 2.24) is 4.90 Å². The summed E-state index contributed by atoms with van der Waals surface area (Å²) in [6.07, 6.45) is -4.34. The number of hydrogen-bond acceptors (Lipinski definition) is 2. The maximum absolute atomic E-state index is 13.1. The molecule has 0 radical (unpaired) electrons. The molecule has 4 nitrogen and oxygen atoms in total. The van der Waals surface area contributed by atoms with Crippen LogP contribution in [0.1, 0.15) is 11.1 Å². The normalized spacial score (nSPS) is 15.6. The van der Waals surface area contributed by atoms with Gasteiger partial charge < -0.3 is 14.5 Å². The first kappa shape index (κ1) is 19.2. The van der Waals surface area contributed by atoms with Gasteiger partial charge in [0.2, 0.25) is 0 Å². The Morgan fingerprint density at radius 1 is 1.00 bits per heavy atom. The fourth-order valence-corrected chi connectivity index (χ4v) is 3.22. The third kappa shape index (κ3) is 5.23. The number of benzene rings is 2. The van der Waals surface area contributed by atoms with Crippen molar-refractivity contribution in [1.29, 1.82) is 0 Å². The summed E-state index contributed by atoms with van der Waals surface area (Å²) in [6, 6.07) is 14.8. The number of amides is 1. The van der Waals surface area contributed by atoms with E-state index >= 15 is 0 Å². The lowest BCUT2D eigenvalue weighted by atomic mass is 10.1. The van der Waals surface area contributed by atoms with Crippen LogP contribution in [0.4, 0.5) is 13.2 Å². The predicted molar refractivity (Wildman–Crippen MR) is 94.4 cm³/mol. The molecule has 1 aliphatic heterocycles. The molecule has 0 spiro atoms. The second-order valence-electron chi connectivity index (χ2n) is 6.56. The number of quaternary nitrogens is 1. The van der Waals surface area contributed by atoms with Crippen LogP contribution >= 0.6 is 0 Å². The molecule has 0 unspecified atom stereocenters.